The minimum absolute atomic E-state index is 0. The predicted molar refractivity (Wildman–Crippen MR) is 81.9 cm³/mol. The number of rotatable bonds is 1. The van der Waals surface area contributed by atoms with Crippen molar-refractivity contribution in [3.63, 3.8) is 0 Å². The van der Waals surface area contributed by atoms with Crippen LogP contribution in [-0.4, -0.2) is 18.1 Å². The minimum Gasteiger partial charge on any atom is -0.316 e. The molecule has 0 spiro atoms. The number of nitrogens with zero attached hydrogens (tertiary/aromatic N) is 1. The van der Waals surface area contributed by atoms with Crippen molar-refractivity contribution in [3.8, 4) is 11.1 Å². The van der Waals surface area contributed by atoms with Gasteiger partial charge < -0.3 is 5.32 Å². The Hall–Kier alpha value is -1.38. The molecule has 1 N–H and O–H groups in total. The Kier molecular flexibility index (Phi) is 4.56. The Balaban J connectivity index is 0.00000133. The summed E-state index contributed by atoms with van der Waals surface area (Å²) in [5.41, 5.74) is 5.45. The van der Waals surface area contributed by atoms with Crippen LogP contribution in [0, 0.1) is 0 Å². The van der Waals surface area contributed by atoms with Gasteiger partial charge in [-0.15, -0.1) is 12.4 Å². The SMILES string of the molecule is C[C@H]1CNCCc2ccc(-c3cccnc3)cc21.Cl. The van der Waals surface area contributed by atoms with Crippen LogP contribution in [0.5, 0.6) is 0 Å². The number of benzene rings is 1. The van der Waals surface area contributed by atoms with E-state index in [1.165, 1.54) is 22.3 Å². The van der Waals surface area contributed by atoms with Gasteiger partial charge in [-0.1, -0.05) is 31.2 Å². The lowest BCUT2D eigenvalue weighted by molar-refractivity contribution is 0.644. The minimum atomic E-state index is 0. The Morgan fingerprint density at radius 3 is 2.89 bits per heavy atom. The maximum atomic E-state index is 4.20. The molecule has 0 amide bonds. The number of hydrogen-bond acceptors (Lipinski definition) is 2. The average Bonchev–Trinajstić information content (AvgIpc) is 2.62. The van der Waals surface area contributed by atoms with Crippen LogP contribution in [-0.2, 0) is 6.42 Å². The van der Waals surface area contributed by atoms with E-state index in [4.69, 9.17) is 0 Å². The van der Waals surface area contributed by atoms with Gasteiger partial charge in [0.25, 0.3) is 0 Å². The van der Waals surface area contributed by atoms with Gasteiger partial charge in [0.1, 0.15) is 0 Å². The summed E-state index contributed by atoms with van der Waals surface area (Å²) < 4.78 is 0. The van der Waals surface area contributed by atoms with Gasteiger partial charge in [0.2, 0.25) is 0 Å². The largest absolute Gasteiger partial charge is 0.316 e. The van der Waals surface area contributed by atoms with E-state index >= 15 is 0 Å². The molecule has 19 heavy (non-hydrogen) atoms. The topological polar surface area (TPSA) is 24.9 Å². The first kappa shape index (κ1) is 14.0. The summed E-state index contributed by atoms with van der Waals surface area (Å²) >= 11 is 0. The van der Waals surface area contributed by atoms with Crippen molar-refractivity contribution >= 4 is 12.4 Å². The first-order chi connectivity index (χ1) is 8.84. The summed E-state index contributed by atoms with van der Waals surface area (Å²) in [6.07, 6.45) is 4.88. The van der Waals surface area contributed by atoms with Gasteiger partial charge >= 0.3 is 0 Å². The molecule has 2 nitrogen and oxygen atoms in total. The standard InChI is InChI=1S/C16H18N2.ClH/c1-12-10-18-8-6-13-4-5-14(9-16(12)13)15-3-2-7-17-11-15;/h2-5,7,9,11-12,18H,6,8,10H2,1H3;1H/t12-;/m0./s1. The van der Waals surface area contributed by atoms with Crippen LogP contribution in [0.2, 0.25) is 0 Å². The molecule has 100 valence electrons. The van der Waals surface area contributed by atoms with Crippen molar-refractivity contribution in [2.24, 2.45) is 0 Å². The molecule has 1 aliphatic heterocycles. The summed E-state index contributed by atoms with van der Waals surface area (Å²) in [5.74, 6) is 0.583. The molecule has 1 aromatic heterocycles. The highest BCUT2D eigenvalue weighted by molar-refractivity contribution is 5.85. The van der Waals surface area contributed by atoms with Crippen molar-refractivity contribution in [3.05, 3.63) is 53.9 Å². The molecular formula is C16H19ClN2. The van der Waals surface area contributed by atoms with Crippen molar-refractivity contribution < 1.29 is 0 Å². The molecule has 0 radical (unpaired) electrons. The van der Waals surface area contributed by atoms with E-state index in [0.717, 1.165) is 19.5 Å². The van der Waals surface area contributed by atoms with E-state index < -0.39 is 0 Å². The molecule has 0 saturated carbocycles. The molecule has 3 rings (SSSR count). The van der Waals surface area contributed by atoms with Crippen LogP contribution in [0.4, 0.5) is 0 Å². The molecule has 0 saturated heterocycles. The fourth-order valence-corrected chi connectivity index (χ4v) is 2.65. The van der Waals surface area contributed by atoms with Gasteiger partial charge in [0.05, 0.1) is 0 Å². The zero-order valence-corrected chi connectivity index (χ0v) is 11.9. The lowest BCUT2D eigenvalue weighted by Crippen LogP contribution is -2.18. The zero-order chi connectivity index (χ0) is 12.4. The third-order valence-electron chi connectivity index (χ3n) is 3.69. The summed E-state index contributed by atoms with van der Waals surface area (Å²) in [6, 6.07) is 10.9. The van der Waals surface area contributed by atoms with Crippen LogP contribution in [0.1, 0.15) is 24.0 Å². The van der Waals surface area contributed by atoms with Gasteiger partial charge in [0.15, 0.2) is 0 Å². The Labute approximate surface area is 120 Å². The van der Waals surface area contributed by atoms with E-state index in [9.17, 15) is 0 Å². The second kappa shape index (κ2) is 6.18. The molecule has 0 aliphatic carbocycles. The molecule has 1 atom stereocenters. The van der Waals surface area contributed by atoms with Crippen molar-refractivity contribution in [1.82, 2.24) is 10.3 Å². The molecule has 2 heterocycles. The zero-order valence-electron chi connectivity index (χ0n) is 11.1. The Morgan fingerprint density at radius 2 is 2.11 bits per heavy atom. The van der Waals surface area contributed by atoms with Crippen LogP contribution in [0.15, 0.2) is 42.7 Å². The summed E-state index contributed by atoms with van der Waals surface area (Å²) in [5, 5.41) is 3.49. The molecule has 2 aromatic rings. The number of hydrogen-bond donors (Lipinski definition) is 1. The predicted octanol–water partition coefficient (Wildman–Crippen LogP) is 3.42. The van der Waals surface area contributed by atoms with Crippen LogP contribution < -0.4 is 5.32 Å². The molecule has 0 unspecified atom stereocenters. The molecule has 0 bridgehead atoms. The first-order valence-corrected chi connectivity index (χ1v) is 6.58. The lowest BCUT2D eigenvalue weighted by Gasteiger charge is -2.14. The van der Waals surface area contributed by atoms with Gasteiger partial charge in [-0.25, -0.2) is 0 Å². The third kappa shape index (κ3) is 2.96. The van der Waals surface area contributed by atoms with Crippen LogP contribution in [0.25, 0.3) is 11.1 Å². The Morgan fingerprint density at radius 1 is 1.21 bits per heavy atom. The average molecular weight is 275 g/mol. The summed E-state index contributed by atoms with van der Waals surface area (Å²) in [4.78, 5) is 4.20. The number of fused-ring (bicyclic) bond motifs is 1. The van der Waals surface area contributed by atoms with E-state index in [2.05, 4.69) is 41.5 Å². The van der Waals surface area contributed by atoms with E-state index in [0.29, 0.717) is 5.92 Å². The molecular weight excluding hydrogens is 256 g/mol. The molecule has 0 fully saturated rings. The Bertz CT molecular complexity index is 540. The van der Waals surface area contributed by atoms with Gasteiger partial charge in [-0.3, -0.25) is 4.98 Å². The highest BCUT2D eigenvalue weighted by atomic mass is 35.5. The third-order valence-corrected chi connectivity index (χ3v) is 3.69. The molecule has 3 heteroatoms. The molecule has 1 aromatic carbocycles. The summed E-state index contributed by atoms with van der Waals surface area (Å²) in [7, 11) is 0. The van der Waals surface area contributed by atoms with Crippen molar-refractivity contribution in [1.29, 1.82) is 0 Å². The van der Waals surface area contributed by atoms with E-state index in [1.807, 2.05) is 18.5 Å². The maximum absolute atomic E-state index is 4.20. The van der Waals surface area contributed by atoms with Crippen molar-refractivity contribution in [2.45, 2.75) is 19.3 Å². The lowest BCUT2D eigenvalue weighted by atomic mass is 9.92. The fraction of sp³-hybridized carbons (Fsp3) is 0.312. The fourth-order valence-electron chi connectivity index (χ4n) is 2.65. The number of nitrogens with one attached hydrogen (secondary N) is 1. The van der Waals surface area contributed by atoms with E-state index in [1.54, 1.807) is 0 Å². The second-order valence-electron chi connectivity index (χ2n) is 5.01. The number of halogens is 1. The highest BCUT2D eigenvalue weighted by Crippen LogP contribution is 2.28. The molecule has 1 aliphatic rings. The smallest absolute Gasteiger partial charge is 0.0346 e. The van der Waals surface area contributed by atoms with Crippen LogP contribution in [0.3, 0.4) is 0 Å². The second-order valence-corrected chi connectivity index (χ2v) is 5.01. The number of aromatic nitrogens is 1. The van der Waals surface area contributed by atoms with Gasteiger partial charge in [-0.2, -0.15) is 0 Å². The number of pyridine rings is 1. The summed E-state index contributed by atoms with van der Waals surface area (Å²) in [6.45, 7) is 4.46. The quantitative estimate of drug-likeness (QED) is 0.862. The van der Waals surface area contributed by atoms with E-state index in [-0.39, 0.29) is 12.4 Å². The highest BCUT2D eigenvalue weighted by Gasteiger charge is 2.15. The van der Waals surface area contributed by atoms with Gasteiger partial charge in [0, 0.05) is 18.9 Å². The maximum Gasteiger partial charge on any atom is 0.0346 e. The normalized spacial score (nSPS) is 18.1. The van der Waals surface area contributed by atoms with Gasteiger partial charge in [-0.05, 0) is 47.2 Å². The van der Waals surface area contributed by atoms with Crippen LogP contribution >= 0.6 is 12.4 Å². The first-order valence-electron chi connectivity index (χ1n) is 6.58. The van der Waals surface area contributed by atoms with Crippen molar-refractivity contribution in [2.75, 3.05) is 13.1 Å². The monoisotopic (exact) mass is 274 g/mol.